The summed E-state index contributed by atoms with van der Waals surface area (Å²) in [5.74, 6) is 0. The number of halogens is 3. The fraction of sp³-hybridized carbons (Fsp3) is 0.0909. The standard InChI is InChI=1S/C11H8Br2ClNS/c12-7-3-6(4-8(14)5-7)10(15)11-9(13)1-2-16-11/h1-5,10H,15H2. The Balaban J connectivity index is 2.41. The summed E-state index contributed by atoms with van der Waals surface area (Å²) in [5, 5.41) is 2.70. The van der Waals surface area contributed by atoms with Gasteiger partial charge in [0.2, 0.25) is 0 Å². The van der Waals surface area contributed by atoms with Crippen molar-refractivity contribution in [2.24, 2.45) is 5.73 Å². The van der Waals surface area contributed by atoms with Crippen LogP contribution in [0.3, 0.4) is 0 Å². The summed E-state index contributed by atoms with van der Waals surface area (Å²) >= 11 is 14.5. The monoisotopic (exact) mass is 379 g/mol. The van der Waals surface area contributed by atoms with Gasteiger partial charge in [-0.05, 0) is 51.1 Å². The van der Waals surface area contributed by atoms with E-state index < -0.39 is 0 Å². The molecule has 0 fully saturated rings. The van der Waals surface area contributed by atoms with E-state index in [4.69, 9.17) is 17.3 Å². The van der Waals surface area contributed by atoms with E-state index >= 15 is 0 Å². The molecule has 1 heterocycles. The molecule has 1 unspecified atom stereocenters. The van der Waals surface area contributed by atoms with E-state index in [1.54, 1.807) is 11.3 Å². The molecule has 1 aromatic heterocycles. The van der Waals surface area contributed by atoms with E-state index in [1.165, 1.54) is 0 Å². The Labute approximate surface area is 120 Å². The highest BCUT2D eigenvalue weighted by Gasteiger charge is 2.14. The van der Waals surface area contributed by atoms with Gasteiger partial charge in [0.05, 0.1) is 6.04 Å². The number of nitrogens with two attached hydrogens (primary N) is 1. The number of benzene rings is 1. The topological polar surface area (TPSA) is 26.0 Å². The predicted molar refractivity (Wildman–Crippen MR) is 77.2 cm³/mol. The third-order valence-corrected chi connectivity index (χ3v) is 4.80. The van der Waals surface area contributed by atoms with Crippen LogP contribution in [0.1, 0.15) is 16.5 Å². The minimum absolute atomic E-state index is 0.149. The number of hydrogen-bond donors (Lipinski definition) is 1. The van der Waals surface area contributed by atoms with Crippen molar-refractivity contribution >= 4 is 54.8 Å². The van der Waals surface area contributed by atoms with E-state index in [1.807, 2.05) is 29.6 Å². The van der Waals surface area contributed by atoms with Crippen molar-refractivity contribution in [1.82, 2.24) is 0 Å². The lowest BCUT2D eigenvalue weighted by Crippen LogP contribution is -2.10. The molecular formula is C11H8Br2ClNS. The first-order valence-corrected chi connectivity index (χ1v) is 7.37. The molecular weight excluding hydrogens is 373 g/mol. The average molecular weight is 382 g/mol. The van der Waals surface area contributed by atoms with Crippen LogP contribution in [0, 0.1) is 0 Å². The lowest BCUT2D eigenvalue weighted by atomic mass is 10.1. The molecule has 2 rings (SSSR count). The second-order valence-electron chi connectivity index (χ2n) is 3.31. The molecule has 0 spiro atoms. The van der Waals surface area contributed by atoms with Crippen molar-refractivity contribution in [2.45, 2.75) is 6.04 Å². The Kier molecular flexibility index (Phi) is 4.08. The quantitative estimate of drug-likeness (QED) is 0.780. The highest BCUT2D eigenvalue weighted by atomic mass is 79.9. The minimum Gasteiger partial charge on any atom is -0.320 e. The summed E-state index contributed by atoms with van der Waals surface area (Å²) in [6, 6.07) is 7.58. The van der Waals surface area contributed by atoms with Gasteiger partial charge >= 0.3 is 0 Å². The lowest BCUT2D eigenvalue weighted by molar-refractivity contribution is 0.888. The van der Waals surface area contributed by atoms with Crippen molar-refractivity contribution in [3.8, 4) is 0 Å². The largest absolute Gasteiger partial charge is 0.320 e. The van der Waals surface area contributed by atoms with Crippen molar-refractivity contribution < 1.29 is 0 Å². The van der Waals surface area contributed by atoms with E-state index in [0.717, 1.165) is 19.4 Å². The van der Waals surface area contributed by atoms with Crippen molar-refractivity contribution in [3.63, 3.8) is 0 Å². The second kappa shape index (κ2) is 5.19. The van der Waals surface area contributed by atoms with Gasteiger partial charge in [-0.25, -0.2) is 0 Å². The van der Waals surface area contributed by atoms with Crippen LogP contribution in [0.2, 0.25) is 5.02 Å². The zero-order chi connectivity index (χ0) is 11.7. The third kappa shape index (κ3) is 2.68. The number of hydrogen-bond acceptors (Lipinski definition) is 2. The van der Waals surface area contributed by atoms with Gasteiger partial charge in [-0.3, -0.25) is 0 Å². The highest BCUT2D eigenvalue weighted by Crippen LogP contribution is 2.33. The molecule has 0 saturated carbocycles. The molecule has 0 aliphatic carbocycles. The Hall–Kier alpha value is 0.130. The molecule has 1 nitrogen and oxygen atoms in total. The zero-order valence-corrected chi connectivity index (χ0v) is 12.8. The molecule has 1 aromatic carbocycles. The van der Waals surface area contributed by atoms with Crippen LogP contribution in [-0.2, 0) is 0 Å². The SMILES string of the molecule is NC(c1cc(Cl)cc(Br)c1)c1sccc1Br. The summed E-state index contributed by atoms with van der Waals surface area (Å²) < 4.78 is 1.99. The molecule has 2 aromatic rings. The van der Waals surface area contributed by atoms with Crippen LogP contribution in [0.15, 0.2) is 38.6 Å². The molecule has 0 saturated heterocycles. The van der Waals surface area contributed by atoms with Crippen LogP contribution in [0.5, 0.6) is 0 Å². The maximum absolute atomic E-state index is 6.20. The van der Waals surface area contributed by atoms with Gasteiger partial charge in [0.15, 0.2) is 0 Å². The first-order chi connectivity index (χ1) is 7.58. The van der Waals surface area contributed by atoms with Gasteiger partial charge in [0, 0.05) is 18.8 Å². The highest BCUT2D eigenvalue weighted by molar-refractivity contribution is 9.10. The van der Waals surface area contributed by atoms with Crippen molar-refractivity contribution in [1.29, 1.82) is 0 Å². The smallest absolute Gasteiger partial charge is 0.0658 e. The Morgan fingerprint density at radius 2 is 2.00 bits per heavy atom. The molecule has 2 N–H and O–H groups in total. The van der Waals surface area contributed by atoms with Crippen LogP contribution >= 0.6 is 54.8 Å². The fourth-order valence-corrected chi connectivity index (χ4v) is 3.97. The summed E-state index contributed by atoms with van der Waals surface area (Å²) in [6.07, 6.45) is 0. The normalized spacial score (nSPS) is 12.8. The molecule has 0 aliphatic heterocycles. The maximum atomic E-state index is 6.20. The Morgan fingerprint density at radius 1 is 1.25 bits per heavy atom. The van der Waals surface area contributed by atoms with Gasteiger partial charge in [-0.1, -0.05) is 27.5 Å². The van der Waals surface area contributed by atoms with E-state index in [-0.39, 0.29) is 6.04 Å². The van der Waals surface area contributed by atoms with E-state index in [2.05, 4.69) is 31.9 Å². The van der Waals surface area contributed by atoms with Gasteiger partial charge in [-0.2, -0.15) is 0 Å². The molecule has 0 radical (unpaired) electrons. The number of rotatable bonds is 2. The molecule has 0 aliphatic rings. The molecule has 16 heavy (non-hydrogen) atoms. The predicted octanol–water partition coefficient (Wildman–Crippen LogP) is 4.97. The zero-order valence-electron chi connectivity index (χ0n) is 8.08. The Bertz CT molecular complexity index is 492. The molecule has 84 valence electrons. The summed E-state index contributed by atoms with van der Waals surface area (Å²) in [6.45, 7) is 0. The van der Waals surface area contributed by atoms with Crippen molar-refractivity contribution in [3.05, 3.63) is 54.1 Å². The van der Waals surface area contributed by atoms with Crippen molar-refractivity contribution in [2.75, 3.05) is 0 Å². The minimum atomic E-state index is -0.149. The summed E-state index contributed by atoms with van der Waals surface area (Å²) in [5.41, 5.74) is 7.20. The average Bonchev–Trinajstić information content (AvgIpc) is 2.62. The fourth-order valence-electron chi connectivity index (χ4n) is 1.43. The van der Waals surface area contributed by atoms with Gasteiger partial charge in [0.25, 0.3) is 0 Å². The molecule has 0 bridgehead atoms. The van der Waals surface area contributed by atoms with Crippen LogP contribution < -0.4 is 5.73 Å². The van der Waals surface area contributed by atoms with Gasteiger partial charge in [-0.15, -0.1) is 11.3 Å². The van der Waals surface area contributed by atoms with Crippen LogP contribution in [0.4, 0.5) is 0 Å². The second-order valence-corrected chi connectivity index (χ2v) is 6.47. The van der Waals surface area contributed by atoms with Gasteiger partial charge < -0.3 is 5.73 Å². The molecule has 0 amide bonds. The molecule has 5 heteroatoms. The summed E-state index contributed by atoms with van der Waals surface area (Å²) in [7, 11) is 0. The van der Waals surface area contributed by atoms with Gasteiger partial charge in [0.1, 0.15) is 0 Å². The Morgan fingerprint density at radius 3 is 2.56 bits per heavy atom. The first-order valence-electron chi connectivity index (χ1n) is 4.52. The van der Waals surface area contributed by atoms with E-state index in [0.29, 0.717) is 5.02 Å². The van der Waals surface area contributed by atoms with E-state index in [9.17, 15) is 0 Å². The number of thiophene rings is 1. The molecule has 1 atom stereocenters. The summed E-state index contributed by atoms with van der Waals surface area (Å²) in [4.78, 5) is 1.11. The van der Waals surface area contributed by atoms with Crippen LogP contribution in [-0.4, -0.2) is 0 Å². The maximum Gasteiger partial charge on any atom is 0.0658 e. The first kappa shape index (κ1) is 12.6. The van der Waals surface area contributed by atoms with Crippen LogP contribution in [0.25, 0.3) is 0 Å². The lowest BCUT2D eigenvalue weighted by Gasteiger charge is -2.12. The third-order valence-electron chi connectivity index (χ3n) is 2.17.